The van der Waals surface area contributed by atoms with Gasteiger partial charge in [0.15, 0.2) is 0 Å². The molecule has 1 saturated heterocycles. The molecule has 36 heavy (non-hydrogen) atoms. The summed E-state index contributed by atoms with van der Waals surface area (Å²) in [5.41, 5.74) is 1.20. The highest BCUT2D eigenvalue weighted by Gasteiger charge is 2.49. The standard InChI is InChI=1S/C31H46O2S2Si/c1-25(19-20-30-34-22-13-23-35-30)26(2)24-27(32)14-12-21-33-36(31(3,4)5,28-15-8-6-9-16-28)29-17-10-7-11-18-29/h6-11,15-18,25,27,30,32H,2,12-14,19-24H2,1,3-5H3/t25-,27+/m0/s1. The zero-order valence-electron chi connectivity index (χ0n) is 22.7. The summed E-state index contributed by atoms with van der Waals surface area (Å²) in [5, 5.41) is 13.4. The van der Waals surface area contributed by atoms with E-state index in [-0.39, 0.29) is 11.1 Å². The number of thioether (sulfide) groups is 2. The smallest absolute Gasteiger partial charge is 0.261 e. The Morgan fingerprint density at radius 2 is 1.56 bits per heavy atom. The summed E-state index contributed by atoms with van der Waals surface area (Å²) in [5.74, 6) is 3.08. The summed E-state index contributed by atoms with van der Waals surface area (Å²) in [6.45, 7) is 14.2. The third-order valence-corrected chi connectivity index (χ3v) is 15.5. The lowest BCUT2D eigenvalue weighted by molar-refractivity contribution is 0.148. The van der Waals surface area contributed by atoms with E-state index in [1.807, 2.05) is 0 Å². The number of aliphatic hydroxyl groups excluding tert-OH is 1. The van der Waals surface area contributed by atoms with Gasteiger partial charge in [0.1, 0.15) is 0 Å². The summed E-state index contributed by atoms with van der Waals surface area (Å²) < 4.78 is 7.72. The van der Waals surface area contributed by atoms with Gasteiger partial charge >= 0.3 is 0 Å². The van der Waals surface area contributed by atoms with Crippen molar-refractivity contribution in [3.8, 4) is 0 Å². The fraction of sp³-hybridized carbons (Fsp3) is 0.548. The monoisotopic (exact) mass is 542 g/mol. The molecule has 1 fully saturated rings. The Morgan fingerprint density at radius 3 is 2.08 bits per heavy atom. The molecule has 2 nitrogen and oxygen atoms in total. The van der Waals surface area contributed by atoms with Crippen LogP contribution in [-0.4, -0.2) is 42.2 Å². The molecule has 1 aliphatic rings. The highest BCUT2D eigenvalue weighted by molar-refractivity contribution is 8.17. The minimum Gasteiger partial charge on any atom is -0.407 e. The molecule has 0 spiro atoms. The minimum absolute atomic E-state index is 0.0209. The van der Waals surface area contributed by atoms with Crippen LogP contribution in [0, 0.1) is 5.92 Å². The molecule has 2 aromatic carbocycles. The normalized spacial score (nSPS) is 17.0. The lowest BCUT2D eigenvalue weighted by Crippen LogP contribution is -2.66. The molecule has 1 N–H and O–H groups in total. The number of hydrogen-bond acceptors (Lipinski definition) is 4. The molecule has 2 aromatic rings. The first kappa shape index (κ1) is 29.6. The molecule has 0 unspecified atom stereocenters. The summed E-state index contributed by atoms with van der Waals surface area (Å²) >= 11 is 4.24. The molecule has 5 heteroatoms. The predicted octanol–water partition coefficient (Wildman–Crippen LogP) is 7.26. The van der Waals surface area contributed by atoms with Gasteiger partial charge in [0, 0.05) is 6.61 Å². The first-order valence-corrected chi connectivity index (χ1v) is 17.6. The molecule has 0 saturated carbocycles. The van der Waals surface area contributed by atoms with Crippen LogP contribution in [0.25, 0.3) is 0 Å². The Labute approximate surface area is 229 Å². The van der Waals surface area contributed by atoms with Crippen LogP contribution in [0.2, 0.25) is 5.04 Å². The van der Waals surface area contributed by atoms with Crippen molar-refractivity contribution >= 4 is 42.2 Å². The minimum atomic E-state index is -2.50. The number of benzene rings is 2. The molecule has 0 amide bonds. The number of rotatable bonds is 13. The fourth-order valence-corrected chi connectivity index (χ4v) is 12.7. The lowest BCUT2D eigenvalue weighted by atomic mass is 9.92. The van der Waals surface area contributed by atoms with Crippen LogP contribution in [0.1, 0.15) is 66.2 Å². The molecule has 0 aromatic heterocycles. The Kier molecular flexibility index (Phi) is 11.7. The van der Waals surface area contributed by atoms with Gasteiger partial charge < -0.3 is 9.53 Å². The Balaban J connectivity index is 1.55. The molecule has 0 aliphatic carbocycles. The Bertz CT molecular complexity index is 868. The van der Waals surface area contributed by atoms with Gasteiger partial charge in [-0.2, -0.15) is 0 Å². The zero-order valence-corrected chi connectivity index (χ0v) is 25.4. The van der Waals surface area contributed by atoms with E-state index in [2.05, 4.69) is 118 Å². The van der Waals surface area contributed by atoms with Crippen LogP contribution < -0.4 is 10.4 Å². The van der Waals surface area contributed by atoms with Crippen molar-refractivity contribution in [1.29, 1.82) is 0 Å². The summed E-state index contributed by atoms with van der Waals surface area (Å²) in [7, 11) is -2.50. The number of hydrogen-bond donors (Lipinski definition) is 1. The molecule has 0 radical (unpaired) electrons. The van der Waals surface area contributed by atoms with E-state index in [9.17, 15) is 5.11 Å². The maximum Gasteiger partial charge on any atom is 0.261 e. The number of aliphatic hydroxyl groups is 1. The summed E-state index contributed by atoms with van der Waals surface area (Å²) in [6, 6.07) is 21.6. The van der Waals surface area contributed by atoms with Gasteiger partial charge in [-0.25, -0.2) is 0 Å². The van der Waals surface area contributed by atoms with Crippen molar-refractivity contribution in [2.24, 2.45) is 5.92 Å². The molecular formula is C31H46O2S2Si. The van der Waals surface area contributed by atoms with Crippen molar-refractivity contribution < 1.29 is 9.53 Å². The van der Waals surface area contributed by atoms with Gasteiger partial charge in [0.2, 0.25) is 0 Å². The van der Waals surface area contributed by atoms with Crippen LogP contribution in [0.15, 0.2) is 72.8 Å². The molecular weight excluding hydrogens is 497 g/mol. The van der Waals surface area contributed by atoms with Crippen LogP contribution in [0.3, 0.4) is 0 Å². The molecule has 1 heterocycles. The second-order valence-corrected chi connectivity index (χ2v) is 18.4. The fourth-order valence-electron chi connectivity index (χ4n) is 5.21. The van der Waals surface area contributed by atoms with Crippen molar-refractivity contribution in [3.05, 3.63) is 72.8 Å². The molecule has 198 valence electrons. The molecule has 2 atom stereocenters. The van der Waals surface area contributed by atoms with E-state index >= 15 is 0 Å². The maximum absolute atomic E-state index is 10.8. The van der Waals surface area contributed by atoms with Gasteiger partial charge in [-0.05, 0) is 71.4 Å². The van der Waals surface area contributed by atoms with Gasteiger partial charge in [-0.3, -0.25) is 0 Å². The van der Waals surface area contributed by atoms with Gasteiger partial charge in [-0.1, -0.05) is 101 Å². The van der Waals surface area contributed by atoms with Gasteiger partial charge in [0.25, 0.3) is 8.32 Å². The van der Waals surface area contributed by atoms with E-state index in [1.54, 1.807) is 0 Å². The van der Waals surface area contributed by atoms with Crippen LogP contribution in [0.5, 0.6) is 0 Å². The first-order valence-electron chi connectivity index (χ1n) is 13.6. The summed E-state index contributed by atoms with van der Waals surface area (Å²) in [6.07, 6.45) is 5.72. The second-order valence-electron chi connectivity index (χ2n) is 11.2. The van der Waals surface area contributed by atoms with E-state index in [0.717, 1.165) is 17.4 Å². The highest BCUT2D eigenvalue weighted by atomic mass is 32.2. The second kappa shape index (κ2) is 14.2. The predicted molar refractivity (Wildman–Crippen MR) is 164 cm³/mol. The van der Waals surface area contributed by atoms with Gasteiger partial charge in [0.05, 0.1) is 10.7 Å². The average molecular weight is 543 g/mol. The lowest BCUT2D eigenvalue weighted by Gasteiger charge is -2.43. The van der Waals surface area contributed by atoms with Crippen molar-refractivity contribution in [3.63, 3.8) is 0 Å². The molecule has 3 rings (SSSR count). The van der Waals surface area contributed by atoms with Crippen molar-refractivity contribution in [1.82, 2.24) is 0 Å². The van der Waals surface area contributed by atoms with Crippen LogP contribution in [0.4, 0.5) is 0 Å². The maximum atomic E-state index is 10.8. The Hall–Kier alpha value is -0.983. The third kappa shape index (κ3) is 8.01. The molecule has 0 bridgehead atoms. The SMILES string of the molecule is C=C(C[C@H](O)CCCO[Si](c1ccccc1)(c1ccccc1)C(C)(C)C)[C@@H](C)CCC1SCCCS1. The molecule has 1 aliphatic heterocycles. The largest absolute Gasteiger partial charge is 0.407 e. The van der Waals surface area contributed by atoms with Crippen molar-refractivity contribution in [2.45, 2.75) is 81.9 Å². The van der Waals surface area contributed by atoms with E-state index < -0.39 is 8.32 Å². The zero-order chi connectivity index (χ0) is 26.0. The van der Waals surface area contributed by atoms with Crippen LogP contribution >= 0.6 is 23.5 Å². The highest BCUT2D eigenvalue weighted by Crippen LogP contribution is 2.37. The van der Waals surface area contributed by atoms with Crippen molar-refractivity contribution in [2.75, 3.05) is 18.1 Å². The van der Waals surface area contributed by atoms with Gasteiger partial charge in [-0.15, -0.1) is 23.5 Å². The van der Waals surface area contributed by atoms with Crippen LogP contribution in [-0.2, 0) is 4.43 Å². The Morgan fingerprint density at radius 1 is 1.00 bits per heavy atom. The topological polar surface area (TPSA) is 29.5 Å². The summed E-state index contributed by atoms with van der Waals surface area (Å²) in [4.78, 5) is 0. The quantitative estimate of drug-likeness (QED) is 0.164. The van der Waals surface area contributed by atoms with E-state index in [0.29, 0.717) is 18.9 Å². The van der Waals surface area contributed by atoms with E-state index in [1.165, 1.54) is 46.7 Å². The average Bonchev–Trinajstić information content (AvgIpc) is 2.88. The first-order chi connectivity index (χ1) is 17.2. The third-order valence-electron chi connectivity index (χ3n) is 7.34. The van der Waals surface area contributed by atoms with E-state index in [4.69, 9.17) is 4.43 Å².